The largest absolute Gasteiger partial charge is 0.310 e. The zero-order valence-corrected chi connectivity index (χ0v) is 31.6. The quantitative estimate of drug-likeness (QED) is 0.159. The maximum atomic E-state index is 10.9. The van der Waals surface area contributed by atoms with Crippen molar-refractivity contribution in [3.63, 3.8) is 0 Å². The number of nitriles is 2. The third-order valence-electron chi connectivity index (χ3n) is 10.3. The Morgan fingerprint density at radius 1 is 0.333 bits per heavy atom. The summed E-state index contributed by atoms with van der Waals surface area (Å²) in [5.41, 5.74) is 16.9. The molecule has 0 spiro atoms. The summed E-state index contributed by atoms with van der Waals surface area (Å²) in [4.78, 5) is 4.51. The zero-order chi connectivity index (χ0) is 37.9. The van der Waals surface area contributed by atoms with Gasteiger partial charge in [-0.25, -0.2) is 0 Å². The maximum Gasteiger partial charge on any atom is 0.100 e. The van der Waals surface area contributed by atoms with Crippen LogP contribution >= 0.6 is 0 Å². The highest BCUT2D eigenvalue weighted by atomic mass is 15.1. The predicted octanol–water partition coefficient (Wildman–Crippen LogP) is 13.6. The van der Waals surface area contributed by atoms with Crippen LogP contribution in [-0.4, -0.2) is 0 Å². The fourth-order valence-corrected chi connectivity index (χ4v) is 8.04. The molecule has 4 nitrogen and oxygen atoms in total. The molecule has 0 fully saturated rings. The lowest BCUT2D eigenvalue weighted by atomic mass is 9.79. The van der Waals surface area contributed by atoms with Gasteiger partial charge in [-0.1, -0.05) is 72.8 Å². The first kappa shape index (κ1) is 35.5. The van der Waals surface area contributed by atoms with Crippen LogP contribution < -0.4 is 9.80 Å². The van der Waals surface area contributed by atoms with Gasteiger partial charge in [-0.05, 0) is 159 Å². The van der Waals surface area contributed by atoms with Gasteiger partial charge in [0, 0.05) is 45.3 Å². The van der Waals surface area contributed by atoms with Crippen LogP contribution in [-0.2, 0) is 0 Å². The monoisotopic (exact) mass is 698 g/mol. The van der Waals surface area contributed by atoms with Crippen LogP contribution in [0.5, 0.6) is 0 Å². The first-order valence-corrected chi connectivity index (χ1v) is 18.2. The first-order chi connectivity index (χ1) is 26.2. The standard InChI is InChI=1S/C50H42N4/c1-33-27-43(53(39-19-11-7-12-20-39)40-21-13-8-14-22-40)28-34(2)47(33)49-37(5)46(32-52)50(38(6)45(49)31-51)48-35(3)29-44(30-36(48)4)54(41-23-15-9-16-24-41)42-25-17-10-18-26-42/h7-30H,1-6H3. The van der Waals surface area contributed by atoms with Crippen LogP contribution in [0.1, 0.15) is 44.5 Å². The van der Waals surface area contributed by atoms with E-state index in [4.69, 9.17) is 0 Å². The van der Waals surface area contributed by atoms with E-state index in [9.17, 15) is 10.5 Å². The zero-order valence-electron chi connectivity index (χ0n) is 31.6. The summed E-state index contributed by atoms with van der Waals surface area (Å²) in [5.74, 6) is 0. The minimum atomic E-state index is 0.599. The molecule has 7 aromatic rings. The molecule has 0 N–H and O–H groups in total. The Balaban J connectivity index is 1.39. The molecule has 0 unspecified atom stereocenters. The third-order valence-corrected chi connectivity index (χ3v) is 10.3. The molecule has 0 saturated carbocycles. The molecule has 262 valence electrons. The van der Waals surface area contributed by atoms with E-state index >= 15 is 0 Å². The molecule has 0 bridgehead atoms. The molecule has 0 atom stereocenters. The molecule has 0 aliphatic rings. The van der Waals surface area contributed by atoms with Crippen molar-refractivity contribution in [2.75, 3.05) is 9.80 Å². The van der Waals surface area contributed by atoms with Gasteiger partial charge < -0.3 is 9.80 Å². The van der Waals surface area contributed by atoms with Gasteiger partial charge in [0.1, 0.15) is 12.1 Å². The van der Waals surface area contributed by atoms with E-state index in [2.05, 4.69) is 171 Å². The Hall–Kier alpha value is -6.88. The molecule has 4 heteroatoms. The Morgan fingerprint density at radius 3 is 0.796 bits per heavy atom. The van der Waals surface area contributed by atoms with Gasteiger partial charge >= 0.3 is 0 Å². The highest BCUT2D eigenvalue weighted by Gasteiger charge is 2.27. The number of para-hydroxylation sites is 4. The lowest BCUT2D eigenvalue weighted by molar-refractivity contribution is 1.23. The first-order valence-electron chi connectivity index (χ1n) is 18.2. The average Bonchev–Trinajstić information content (AvgIpc) is 3.18. The summed E-state index contributed by atoms with van der Waals surface area (Å²) in [6, 6.07) is 55.4. The van der Waals surface area contributed by atoms with Gasteiger partial charge in [-0.3, -0.25) is 0 Å². The minimum absolute atomic E-state index is 0.599. The van der Waals surface area contributed by atoms with E-state index in [1.807, 2.05) is 38.1 Å². The van der Waals surface area contributed by atoms with E-state index in [-0.39, 0.29) is 0 Å². The van der Waals surface area contributed by atoms with Crippen molar-refractivity contribution in [2.24, 2.45) is 0 Å². The van der Waals surface area contributed by atoms with E-state index in [1.54, 1.807) is 0 Å². The fourth-order valence-electron chi connectivity index (χ4n) is 8.04. The van der Waals surface area contributed by atoms with Crippen LogP contribution in [0, 0.1) is 64.2 Å². The smallest absolute Gasteiger partial charge is 0.100 e. The van der Waals surface area contributed by atoms with E-state index in [0.717, 1.165) is 89.8 Å². The van der Waals surface area contributed by atoms with E-state index in [1.165, 1.54) is 0 Å². The second-order valence-corrected chi connectivity index (χ2v) is 13.9. The molecule has 0 radical (unpaired) electrons. The molecule has 7 aromatic carbocycles. The summed E-state index contributed by atoms with van der Waals surface area (Å²) in [6.07, 6.45) is 0. The van der Waals surface area contributed by atoms with Gasteiger partial charge in [0.2, 0.25) is 0 Å². The average molecular weight is 699 g/mol. The summed E-state index contributed by atoms with van der Waals surface area (Å²) in [6.45, 7) is 12.4. The fraction of sp³-hybridized carbons (Fsp3) is 0.120. The number of benzene rings is 7. The van der Waals surface area contributed by atoms with Crippen molar-refractivity contribution in [2.45, 2.75) is 41.5 Å². The Morgan fingerprint density at radius 2 is 0.574 bits per heavy atom. The maximum absolute atomic E-state index is 10.9. The Bertz CT molecular complexity index is 2250. The number of nitrogens with zero attached hydrogens (tertiary/aromatic N) is 4. The van der Waals surface area contributed by atoms with Crippen LogP contribution in [0.3, 0.4) is 0 Å². The summed E-state index contributed by atoms with van der Waals surface area (Å²) in [7, 11) is 0. The van der Waals surface area contributed by atoms with Gasteiger partial charge in [0.15, 0.2) is 0 Å². The Labute approximate surface area is 319 Å². The number of hydrogen-bond donors (Lipinski definition) is 0. The van der Waals surface area contributed by atoms with Crippen molar-refractivity contribution >= 4 is 34.1 Å². The topological polar surface area (TPSA) is 54.1 Å². The summed E-state index contributed by atoms with van der Waals surface area (Å²) < 4.78 is 0. The number of aryl methyl sites for hydroxylation is 4. The van der Waals surface area contributed by atoms with Crippen molar-refractivity contribution in [3.8, 4) is 34.4 Å². The molecule has 0 heterocycles. The predicted molar refractivity (Wildman–Crippen MR) is 225 cm³/mol. The molecule has 0 saturated heterocycles. The molecule has 0 aromatic heterocycles. The number of rotatable bonds is 8. The van der Waals surface area contributed by atoms with Crippen molar-refractivity contribution in [1.82, 2.24) is 0 Å². The molecular weight excluding hydrogens is 657 g/mol. The minimum Gasteiger partial charge on any atom is -0.310 e. The number of hydrogen-bond acceptors (Lipinski definition) is 4. The van der Waals surface area contributed by atoms with Crippen molar-refractivity contribution in [1.29, 1.82) is 10.5 Å². The van der Waals surface area contributed by atoms with Gasteiger partial charge in [-0.15, -0.1) is 0 Å². The molecule has 0 amide bonds. The SMILES string of the molecule is Cc1cc(N(c2ccccc2)c2ccccc2)cc(C)c1-c1c(C)c(C#N)c(-c2c(C)cc(N(c3ccccc3)c3ccccc3)cc2C)c(C)c1C#N. The normalized spacial score (nSPS) is 10.7. The third kappa shape index (κ3) is 6.40. The molecule has 0 aliphatic carbocycles. The van der Waals surface area contributed by atoms with Crippen LogP contribution in [0.25, 0.3) is 22.3 Å². The Kier molecular flexibility index (Phi) is 9.87. The van der Waals surface area contributed by atoms with Crippen LogP contribution in [0.15, 0.2) is 146 Å². The highest BCUT2D eigenvalue weighted by molar-refractivity contribution is 5.92. The van der Waals surface area contributed by atoms with Gasteiger partial charge in [0.05, 0.1) is 11.1 Å². The molecule has 7 rings (SSSR count). The molecular formula is C50H42N4. The summed E-state index contributed by atoms with van der Waals surface area (Å²) in [5, 5.41) is 21.8. The summed E-state index contributed by atoms with van der Waals surface area (Å²) >= 11 is 0. The van der Waals surface area contributed by atoms with E-state index in [0.29, 0.717) is 11.1 Å². The van der Waals surface area contributed by atoms with Gasteiger partial charge in [-0.2, -0.15) is 10.5 Å². The number of anilines is 6. The molecule has 54 heavy (non-hydrogen) atoms. The lowest BCUT2D eigenvalue weighted by Gasteiger charge is -2.28. The van der Waals surface area contributed by atoms with Crippen molar-refractivity contribution < 1.29 is 0 Å². The second kappa shape index (κ2) is 15.0. The van der Waals surface area contributed by atoms with Crippen LogP contribution in [0.4, 0.5) is 34.1 Å². The lowest BCUT2D eigenvalue weighted by Crippen LogP contribution is -2.11. The van der Waals surface area contributed by atoms with E-state index < -0.39 is 0 Å². The molecule has 0 aliphatic heterocycles. The van der Waals surface area contributed by atoms with Crippen molar-refractivity contribution in [3.05, 3.63) is 190 Å². The van der Waals surface area contributed by atoms with Gasteiger partial charge in [0.25, 0.3) is 0 Å². The second-order valence-electron chi connectivity index (χ2n) is 13.9. The van der Waals surface area contributed by atoms with Crippen LogP contribution in [0.2, 0.25) is 0 Å². The highest BCUT2D eigenvalue weighted by Crippen LogP contribution is 2.46.